The van der Waals surface area contributed by atoms with Crippen LogP contribution in [0, 0.1) is 5.41 Å². The Kier molecular flexibility index (Phi) is 8.25. The third-order valence-electron chi connectivity index (χ3n) is 5.00. The van der Waals surface area contributed by atoms with Gasteiger partial charge in [-0.25, -0.2) is 0 Å². The number of carbonyl (C=O) groups is 1. The minimum absolute atomic E-state index is 0. The molecule has 1 heterocycles. The first-order valence-electron chi connectivity index (χ1n) is 8.18. The van der Waals surface area contributed by atoms with Crippen LogP contribution in [0.2, 0.25) is 0 Å². The van der Waals surface area contributed by atoms with Crippen LogP contribution in [-0.2, 0) is 9.53 Å². The van der Waals surface area contributed by atoms with E-state index in [-0.39, 0.29) is 24.9 Å². The van der Waals surface area contributed by atoms with Crippen LogP contribution in [0.1, 0.15) is 25.7 Å². The number of hydrogen-bond donors (Lipinski definition) is 2. The lowest BCUT2D eigenvalue weighted by Crippen LogP contribution is -2.59. The molecule has 0 aromatic heterocycles. The van der Waals surface area contributed by atoms with E-state index in [9.17, 15) is 18.0 Å². The zero-order chi connectivity index (χ0) is 16.9. The Hall–Kier alpha value is -0.570. The van der Waals surface area contributed by atoms with E-state index in [2.05, 4.69) is 10.6 Å². The molecule has 2 rings (SSSR count). The Morgan fingerprint density at radius 2 is 1.96 bits per heavy atom. The van der Waals surface area contributed by atoms with Crippen molar-refractivity contribution < 1.29 is 22.7 Å². The highest BCUT2D eigenvalue weighted by atomic mass is 35.5. The van der Waals surface area contributed by atoms with E-state index in [1.165, 1.54) is 4.90 Å². The molecule has 9 heteroatoms. The van der Waals surface area contributed by atoms with Crippen LogP contribution in [0.3, 0.4) is 0 Å². The highest BCUT2D eigenvalue weighted by Crippen LogP contribution is 2.44. The van der Waals surface area contributed by atoms with Crippen molar-refractivity contribution in [2.75, 3.05) is 46.4 Å². The van der Waals surface area contributed by atoms with Crippen molar-refractivity contribution in [3.05, 3.63) is 0 Å². The number of carbonyl (C=O) groups excluding carboxylic acids is 1. The van der Waals surface area contributed by atoms with Gasteiger partial charge in [0, 0.05) is 46.4 Å². The number of nitrogens with zero attached hydrogens (tertiary/aromatic N) is 1. The molecule has 2 fully saturated rings. The third-order valence-corrected chi connectivity index (χ3v) is 5.00. The lowest BCUT2D eigenvalue weighted by atomic mass is 9.66. The summed E-state index contributed by atoms with van der Waals surface area (Å²) in [6.45, 7) is 1.84. The molecule has 2 N–H and O–H groups in total. The average molecular weight is 374 g/mol. The maximum atomic E-state index is 13.3. The molecule has 1 amide bonds. The molecule has 1 aliphatic carbocycles. The summed E-state index contributed by atoms with van der Waals surface area (Å²) in [7, 11) is 1.56. The SMILES string of the molecule is COCCC1(C(=O)NCC(N2CCNCC2)C(F)(F)F)CCC1.Cl. The monoisotopic (exact) mass is 373 g/mol. The van der Waals surface area contributed by atoms with Crippen LogP contribution < -0.4 is 10.6 Å². The summed E-state index contributed by atoms with van der Waals surface area (Å²) in [5.41, 5.74) is -0.532. The van der Waals surface area contributed by atoms with Crippen LogP contribution in [0.4, 0.5) is 13.2 Å². The number of piperazine rings is 1. The van der Waals surface area contributed by atoms with Crippen LogP contribution >= 0.6 is 12.4 Å². The van der Waals surface area contributed by atoms with Gasteiger partial charge in [0.2, 0.25) is 5.91 Å². The molecular weight excluding hydrogens is 347 g/mol. The van der Waals surface area contributed by atoms with Crippen molar-refractivity contribution in [1.29, 1.82) is 0 Å². The zero-order valence-electron chi connectivity index (χ0n) is 14.0. The number of rotatable bonds is 7. The first-order valence-corrected chi connectivity index (χ1v) is 8.18. The molecule has 0 aromatic rings. The molecule has 1 unspecified atom stereocenters. The van der Waals surface area contributed by atoms with Gasteiger partial charge in [-0.15, -0.1) is 12.4 Å². The van der Waals surface area contributed by atoms with Crippen LogP contribution in [0.5, 0.6) is 0 Å². The fourth-order valence-corrected chi connectivity index (χ4v) is 3.31. The summed E-state index contributed by atoms with van der Waals surface area (Å²) in [4.78, 5) is 13.8. The summed E-state index contributed by atoms with van der Waals surface area (Å²) in [6, 6.07) is -1.62. The standard InChI is InChI=1S/C15H26F3N3O2.ClH/c1-23-10-5-14(3-2-4-14)13(22)20-11-12(15(16,17)18)21-8-6-19-7-9-21;/h12,19H,2-11H2,1H3,(H,20,22);1H. The number of amides is 1. The van der Waals surface area contributed by atoms with E-state index >= 15 is 0 Å². The highest BCUT2D eigenvalue weighted by Gasteiger charge is 2.47. The van der Waals surface area contributed by atoms with Gasteiger partial charge in [-0.2, -0.15) is 13.2 Å². The van der Waals surface area contributed by atoms with Crippen LogP contribution in [0.15, 0.2) is 0 Å². The average Bonchev–Trinajstić information content (AvgIpc) is 2.46. The maximum Gasteiger partial charge on any atom is 0.405 e. The van der Waals surface area contributed by atoms with Crippen molar-refractivity contribution in [2.24, 2.45) is 5.41 Å². The predicted octanol–water partition coefficient (Wildman–Crippen LogP) is 1.57. The second kappa shape index (κ2) is 9.22. The first-order chi connectivity index (χ1) is 10.9. The lowest BCUT2D eigenvalue weighted by Gasteiger charge is -2.41. The van der Waals surface area contributed by atoms with Gasteiger partial charge in [0.05, 0.1) is 5.41 Å². The number of methoxy groups -OCH3 is 1. The van der Waals surface area contributed by atoms with E-state index in [1.54, 1.807) is 7.11 Å². The molecule has 24 heavy (non-hydrogen) atoms. The van der Waals surface area contributed by atoms with Crippen molar-refractivity contribution in [1.82, 2.24) is 15.5 Å². The topological polar surface area (TPSA) is 53.6 Å². The largest absolute Gasteiger partial charge is 0.405 e. The van der Waals surface area contributed by atoms with Gasteiger partial charge in [-0.05, 0) is 19.3 Å². The zero-order valence-corrected chi connectivity index (χ0v) is 14.8. The van der Waals surface area contributed by atoms with Crippen molar-refractivity contribution in [3.63, 3.8) is 0 Å². The maximum absolute atomic E-state index is 13.3. The quantitative estimate of drug-likeness (QED) is 0.711. The minimum Gasteiger partial charge on any atom is -0.385 e. The number of hydrogen-bond acceptors (Lipinski definition) is 4. The first kappa shape index (κ1) is 21.5. The molecule has 1 atom stereocenters. The summed E-state index contributed by atoms with van der Waals surface area (Å²) < 4.78 is 45.0. The Morgan fingerprint density at radius 3 is 2.42 bits per heavy atom. The smallest absolute Gasteiger partial charge is 0.385 e. The summed E-state index contributed by atoms with van der Waals surface area (Å²) >= 11 is 0. The summed E-state index contributed by atoms with van der Waals surface area (Å²) in [5.74, 6) is -0.259. The fraction of sp³-hybridized carbons (Fsp3) is 0.933. The molecule has 5 nitrogen and oxygen atoms in total. The molecule has 2 aliphatic rings. The number of ether oxygens (including phenoxy) is 1. The van der Waals surface area contributed by atoms with E-state index in [0.29, 0.717) is 39.2 Å². The van der Waals surface area contributed by atoms with E-state index in [0.717, 1.165) is 19.3 Å². The molecule has 0 bridgehead atoms. The molecule has 0 radical (unpaired) electrons. The van der Waals surface area contributed by atoms with Crippen LogP contribution in [-0.4, -0.2) is 69.5 Å². The number of alkyl halides is 3. The van der Waals surface area contributed by atoms with Gasteiger partial charge >= 0.3 is 6.18 Å². The Morgan fingerprint density at radius 1 is 1.33 bits per heavy atom. The Labute approximate surface area is 147 Å². The summed E-state index contributed by atoms with van der Waals surface area (Å²) in [5, 5.41) is 5.60. The van der Waals surface area contributed by atoms with E-state index < -0.39 is 17.6 Å². The van der Waals surface area contributed by atoms with Crippen LogP contribution in [0.25, 0.3) is 0 Å². The van der Waals surface area contributed by atoms with Gasteiger partial charge in [0.1, 0.15) is 6.04 Å². The fourth-order valence-electron chi connectivity index (χ4n) is 3.31. The lowest BCUT2D eigenvalue weighted by molar-refractivity contribution is -0.184. The molecular formula is C15H27ClF3N3O2. The number of halogens is 4. The Bertz CT molecular complexity index is 400. The van der Waals surface area contributed by atoms with Crippen molar-refractivity contribution in [3.8, 4) is 0 Å². The summed E-state index contributed by atoms with van der Waals surface area (Å²) in [6.07, 6.45) is -1.37. The normalized spacial score (nSPS) is 22.2. The van der Waals surface area contributed by atoms with Gasteiger partial charge in [-0.3, -0.25) is 9.69 Å². The molecule has 0 aromatic carbocycles. The predicted molar refractivity (Wildman–Crippen MR) is 87.3 cm³/mol. The van der Waals surface area contributed by atoms with Crippen molar-refractivity contribution >= 4 is 18.3 Å². The van der Waals surface area contributed by atoms with Gasteiger partial charge in [0.15, 0.2) is 0 Å². The second-order valence-electron chi connectivity index (χ2n) is 6.43. The number of nitrogens with one attached hydrogen (secondary N) is 2. The second-order valence-corrected chi connectivity index (χ2v) is 6.43. The molecule has 1 aliphatic heterocycles. The van der Waals surface area contributed by atoms with Gasteiger partial charge in [0.25, 0.3) is 0 Å². The van der Waals surface area contributed by atoms with Gasteiger partial charge < -0.3 is 15.4 Å². The van der Waals surface area contributed by atoms with E-state index in [1.807, 2.05) is 0 Å². The molecule has 142 valence electrons. The third kappa shape index (κ3) is 5.21. The van der Waals surface area contributed by atoms with E-state index in [4.69, 9.17) is 4.74 Å². The van der Waals surface area contributed by atoms with Gasteiger partial charge in [-0.1, -0.05) is 6.42 Å². The van der Waals surface area contributed by atoms with Crippen molar-refractivity contribution in [2.45, 2.75) is 37.9 Å². The highest BCUT2D eigenvalue weighted by molar-refractivity contribution is 5.85. The molecule has 1 saturated heterocycles. The molecule has 1 saturated carbocycles. The Balaban J connectivity index is 0.00000288. The molecule has 0 spiro atoms. The minimum atomic E-state index is -4.34.